The van der Waals surface area contributed by atoms with Gasteiger partial charge in [0.05, 0.1) is 0 Å². The fraction of sp³-hybridized carbons (Fsp3) is 0.250. The number of halogens is 1. The lowest BCUT2D eigenvalue weighted by atomic mass is 10.1. The molecule has 0 amide bonds. The zero-order chi connectivity index (χ0) is 15.6. The highest BCUT2D eigenvalue weighted by molar-refractivity contribution is 7.82. The van der Waals surface area contributed by atoms with E-state index in [1.165, 1.54) is 0 Å². The van der Waals surface area contributed by atoms with E-state index in [4.69, 9.17) is 20.3 Å². The summed E-state index contributed by atoms with van der Waals surface area (Å²) in [6, 6.07) is 11.1. The van der Waals surface area contributed by atoms with Crippen molar-refractivity contribution in [1.29, 1.82) is 0 Å². The van der Waals surface area contributed by atoms with E-state index in [1.807, 2.05) is 52.0 Å². The first-order valence-electron chi connectivity index (χ1n) is 6.60. The zero-order valence-electron chi connectivity index (χ0n) is 12.5. The first-order valence-corrected chi connectivity index (χ1v) is 9.05. The van der Waals surface area contributed by atoms with E-state index in [1.54, 1.807) is 12.1 Å². The summed E-state index contributed by atoms with van der Waals surface area (Å²) in [6.07, 6.45) is 0. The van der Waals surface area contributed by atoms with Crippen molar-refractivity contribution in [3.8, 4) is 11.5 Å². The number of hydrogen-bond acceptors (Lipinski definition) is 3. The molecule has 2 aromatic carbocycles. The van der Waals surface area contributed by atoms with Crippen LogP contribution in [0.4, 0.5) is 0 Å². The third-order valence-corrected chi connectivity index (χ3v) is 4.32. The summed E-state index contributed by atoms with van der Waals surface area (Å²) in [5, 5.41) is 0. The highest BCUT2D eigenvalue weighted by Gasteiger charge is 2.26. The second-order valence-electron chi connectivity index (χ2n) is 5.15. The molecule has 0 fully saturated rings. The molecule has 0 heterocycles. The molecule has 2 rings (SSSR count). The van der Waals surface area contributed by atoms with Crippen LogP contribution in [0, 0.1) is 27.7 Å². The molecule has 0 spiro atoms. The van der Waals surface area contributed by atoms with E-state index >= 15 is 0 Å². The average Bonchev–Trinajstić information content (AvgIpc) is 2.36. The van der Waals surface area contributed by atoms with Crippen molar-refractivity contribution in [2.75, 3.05) is 0 Å². The zero-order valence-corrected chi connectivity index (χ0v) is 14.2. The number of hydrogen-bond donors (Lipinski definition) is 0. The molecule has 0 aliphatic heterocycles. The molecule has 3 nitrogen and oxygen atoms in total. The molecular formula is C16H18ClO3P. The Morgan fingerprint density at radius 1 is 0.810 bits per heavy atom. The maximum Gasteiger partial charge on any atom is 0.530 e. The van der Waals surface area contributed by atoms with Gasteiger partial charge in [-0.2, -0.15) is 0 Å². The minimum Gasteiger partial charge on any atom is -0.404 e. The summed E-state index contributed by atoms with van der Waals surface area (Å²) in [7, 11) is 0. The van der Waals surface area contributed by atoms with Crippen LogP contribution in [0.2, 0.25) is 0 Å². The first kappa shape index (κ1) is 15.9. The van der Waals surface area contributed by atoms with Crippen LogP contribution >= 0.6 is 18.2 Å². The maximum absolute atomic E-state index is 12.3. The second-order valence-corrected chi connectivity index (χ2v) is 7.62. The summed E-state index contributed by atoms with van der Waals surface area (Å²) < 4.78 is 23.1. The van der Waals surface area contributed by atoms with Crippen LogP contribution in [0.5, 0.6) is 11.5 Å². The largest absolute Gasteiger partial charge is 0.530 e. The molecule has 0 saturated heterocycles. The van der Waals surface area contributed by atoms with Gasteiger partial charge in [-0.25, -0.2) is 4.57 Å². The third kappa shape index (κ3) is 4.26. The Kier molecular flexibility index (Phi) is 4.65. The summed E-state index contributed by atoms with van der Waals surface area (Å²) in [5.74, 6) is 0.924. The van der Waals surface area contributed by atoms with E-state index in [-0.39, 0.29) is 0 Å². The van der Waals surface area contributed by atoms with Crippen LogP contribution in [-0.4, -0.2) is 0 Å². The lowest BCUT2D eigenvalue weighted by Gasteiger charge is -2.16. The summed E-state index contributed by atoms with van der Waals surface area (Å²) in [4.78, 5) is 0. The van der Waals surface area contributed by atoms with Gasteiger partial charge in [0.15, 0.2) is 0 Å². The predicted molar refractivity (Wildman–Crippen MR) is 86.5 cm³/mol. The highest BCUT2D eigenvalue weighted by Crippen LogP contribution is 2.54. The van der Waals surface area contributed by atoms with Crippen LogP contribution in [0.15, 0.2) is 36.4 Å². The average molecular weight is 325 g/mol. The van der Waals surface area contributed by atoms with Crippen LogP contribution in [-0.2, 0) is 4.57 Å². The van der Waals surface area contributed by atoms with E-state index in [9.17, 15) is 4.57 Å². The maximum atomic E-state index is 12.3. The van der Waals surface area contributed by atoms with Crippen molar-refractivity contribution in [2.45, 2.75) is 27.7 Å². The molecule has 0 aromatic heterocycles. The molecule has 0 unspecified atom stereocenters. The number of aryl methyl sites for hydroxylation is 4. The predicted octanol–water partition coefficient (Wildman–Crippen LogP) is 5.72. The minimum atomic E-state index is -3.75. The summed E-state index contributed by atoms with van der Waals surface area (Å²) in [6.45, 7) is 3.95. The fourth-order valence-corrected chi connectivity index (χ4v) is 3.42. The molecule has 5 heteroatoms. The van der Waals surface area contributed by atoms with Gasteiger partial charge in [-0.05, 0) is 51.0 Å². The molecule has 0 radical (unpaired) electrons. The van der Waals surface area contributed by atoms with Gasteiger partial charge in [-0.15, -0.1) is 0 Å². The Morgan fingerprint density at radius 2 is 1.19 bits per heavy atom. The fourth-order valence-electron chi connectivity index (χ4n) is 2.06. The lowest BCUT2D eigenvalue weighted by Crippen LogP contribution is -1.98. The standard InChI is InChI=1S/C16H18ClO3P/c1-11-5-7-15(13(3)9-11)19-21(17,18)20-16-8-6-12(2)10-14(16)4/h5-10H,1-4H3. The van der Waals surface area contributed by atoms with Gasteiger partial charge < -0.3 is 9.05 Å². The van der Waals surface area contributed by atoms with Gasteiger partial charge in [0.2, 0.25) is 0 Å². The molecular weight excluding hydrogens is 307 g/mol. The van der Waals surface area contributed by atoms with Gasteiger partial charge in [-0.1, -0.05) is 35.4 Å². The third-order valence-electron chi connectivity index (χ3n) is 3.08. The SMILES string of the molecule is Cc1ccc(OP(=O)(Cl)Oc2ccc(C)cc2C)c(C)c1. The number of benzene rings is 2. The van der Waals surface area contributed by atoms with Crippen LogP contribution in [0.25, 0.3) is 0 Å². The van der Waals surface area contributed by atoms with Crippen molar-refractivity contribution in [2.24, 2.45) is 0 Å². The van der Waals surface area contributed by atoms with Crippen molar-refractivity contribution < 1.29 is 13.6 Å². The van der Waals surface area contributed by atoms with Crippen LogP contribution in [0.1, 0.15) is 22.3 Å². The van der Waals surface area contributed by atoms with Gasteiger partial charge in [-0.3, -0.25) is 0 Å². The Balaban J connectivity index is 2.20. The number of rotatable bonds is 4. The Labute approximate surface area is 130 Å². The van der Waals surface area contributed by atoms with Crippen LogP contribution in [0.3, 0.4) is 0 Å². The van der Waals surface area contributed by atoms with E-state index in [0.29, 0.717) is 11.5 Å². The molecule has 0 aliphatic carbocycles. The van der Waals surface area contributed by atoms with E-state index < -0.39 is 6.95 Å². The molecule has 0 atom stereocenters. The van der Waals surface area contributed by atoms with Crippen molar-refractivity contribution >= 4 is 18.2 Å². The second kappa shape index (κ2) is 6.13. The quantitative estimate of drug-likeness (QED) is 0.674. The van der Waals surface area contributed by atoms with Crippen molar-refractivity contribution in [3.05, 3.63) is 58.7 Å². The summed E-state index contributed by atoms with van der Waals surface area (Å²) in [5.41, 5.74) is 3.92. The van der Waals surface area contributed by atoms with Gasteiger partial charge in [0.25, 0.3) is 0 Å². The first-order chi connectivity index (χ1) is 9.77. The van der Waals surface area contributed by atoms with Crippen molar-refractivity contribution in [1.82, 2.24) is 0 Å². The Bertz CT molecular complexity index is 655. The molecule has 2 aromatic rings. The normalized spacial score (nSPS) is 11.3. The highest BCUT2D eigenvalue weighted by atomic mass is 35.7. The van der Waals surface area contributed by atoms with Gasteiger partial charge in [0, 0.05) is 11.2 Å². The molecule has 112 valence electrons. The molecule has 0 saturated carbocycles. The van der Waals surface area contributed by atoms with Crippen molar-refractivity contribution in [3.63, 3.8) is 0 Å². The molecule has 0 bridgehead atoms. The lowest BCUT2D eigenvalue weighted by molar-refractivity contribution is 0.404. The topological polar surface area (TPSA) is 35.5 Å². The Morgan fingerprint density at radius 3 is 1.52 bits per heavy atom. The molecule has 21 heavy (non-hydrogen) atoms. The molecule has 0 N–H and O–H groups in total. The monoisotopic (exact) mass is 324 g/mol. The smallest absolute Gasteiger partial charge is 0.404 e. The van der Waals surface area contributed by atoms with E-state index in [0.717, 1.165) is 22.3 Å². The van der Waals surface area contributed by atoms with Gasteiger partial charge >= 0.3 is 6.95 Å². The van der Waals surface area contributed by atoms with E-state index in [2.05, 4.69) is 0 Å². The molecule has 0 aliphatic rings. The Hall–Kier alpha value is -1.44. The minimum absolute atomic E-state index is 0.462. The van der Waals surface area contributed by atoms with Crippen LogP contribution < -0.4 is 9.05 Å². The summed E-state index contributed by atoms with van der Waals surface area (Å²) >= 11 is 5.94. The van der Waals surface area contributed by atoms with Gasteiger partial charge in [0.1, 0.15) is 11.5 Å².